The predicted octanol–water partition coefficient (Wildman–Crippen LogP) is 5.35. The number of rotatable bonds is 3. The number of carbonyl (C=O) groups is 2. The fourth-order valence-corrected chi connectivity index (χ4v) is 4.60. The van der Waals surface area contributed by atoms with Crippen molar-refractivity contribution in [3.8, 4) is 5.75 Å². The number of allylic oxidation sites excluding steroid dienone is 1. The van der Waals surface area contributed by atoms with Gasteiger partial charge < -0.3 is 14.5 Å². The van der Waals surface area contributed by atoms with Crippen molar-refractivity contribution in [1.29, 1.82) is 0 Å². The number of fused-ring (bicyclic) bond motifs is 1. The number of nitrogens with zero attached hydrogens (tertiary/aromatic N) is 1. The Labute approximate surface area is 186 Å². The van der Waals surface area contributed by atoms with Gasteiger partial charge in [-0.25, -0.2) is 0 Å². The molecule has 2 atom stereocenters. The number of hydrogen-bond acceptors (Lipinski definition) is 5. The minimum absolute atomic E-state index is 0.0352. The van der Waals surface area contributed by atoms with Crippen molar-refractivity contribution in [3.63, 3.8) is 0 Å². The maximum absolute atomic E-state index is 13.9. The molecule has 1 N–H and O–H groups in total. The summed E-state index contributed by atoms with van der Waals surface area (Å²) in [6.45, 7) is 2.07. The molecule has 1 aromatic heterocycles. The van der Waals surface area contributed by atoms with E-state index in [4.69, 9.17) is 9.15 Å². The van der Waals surface area contributed by atoms with Crippen LogP contribution in [0, 0.1) is 5.92 Å². The molecule has 2 heterocycles. The first-order valence-electron chi connectivity index (χ1n) is 10.7. The Hall–Kier alpha value is -3.80. The van der Waals surface area contributed by atoms with E-state index >= 15 is 0 Å². The molecule has 0 fully saturated rings. The van der Waals surface area contributed by atoms with Crippen LogP contribution in [0.15, 0.2) is 82.6 Å². The lowest BCUT2D eigenvalue weighted by Gasteiger charge is -2.33. The molecular weight excluding hydrogens is 404 g/mol. The van der Waals surface area contributed by atoms with Crippen LogP contribution in [0.3, 0.4) is 0 Å². The third-order valence-corrected chi connectivity index (χ3v) is 6.06. The van der Waals surface area contributed by atoms with Gasteiger partial charge >= 0.3 is 0 Å². The van der Waals surface area contributed by atoms with Crippen molar-refractivity contribution in [2.24, 2.45) is 5.92 Å². The number of ether oxygens (including phenoxy) is 1. The van der Waals surface area contributed by atoms with Gasteiger partial charge in [-0.1, -0.05) is 19.1 Å². The number of anilines is 2. The second-order valence-corrected chi connectivity index (χ2v) is 8.29. The fourth-order valence-electron chi connectivity index (χ4n) is 4.60. The van der Waals surface area contributed by atoms with E-state index in [1.165, 1.54) is 0 Å². The Morgan fingerprint density at radius 2 is 1.84 bits per heavy atom. The summed E-state index contributed by atoms with van der Waals surface area (Å²) in [6, 6.07) is 17.6. The molecule has 0 saturated carbocycles. The van der Waals surface area contributed by atoms with E-state index in [2.05, 4.69) is 12.2 Å². The molecule has 162 valence electrons. The first-order chi connectivity index (χ1) is 15.6. The number of Topliss-reactive ketones (excluding diaryl/α,β-unsaturated/α-hetero) is 1. The van der Waals surface area contributed by atoms with Crippen LogP contribution in [0.1, 0.15) is 41.9 Å². The molecular formula is C26H24N2O4. The van der Waals surface area contributed by atoms with Crippen LogP contribution in [-0.4, -0.2) is 18.8 Å². The van der Waals surface area contributed by atoms with Crippen molar-refractivity contribution in [1.82, 2.24) is 0 Å². The minimum Gasteiger partial charge on any atom is -0.497 e. The smallest absolute Gasteiger partial charge is 0.259 e. The average Bonchev–Trinajstić information content (AvgIpc) is 3.28. The van der Waals surface area contributed by atoms with Crippen molar-refractivity contribution in [2.45, 2.75) is 25.8 Å². The largest absolute Gasteiger partial charge is 0.497 e. The Morgan fingerprint density at radius 3 is 2.56 bits per heavy atom. The van der Waals surface area contributed by atoms with E-state index in [1.807, 2.05) is 30.3 Å². The second-order valence-electron chi connectivity index (χ2n) is 8.29. The number of furan rings is 1. The summed E-state index contributed by atoms with van der Waals surface area (Å²) in [5, 5.41) is 3.47. The SMILES string of the molecule is COc1ccc(C(=O)N2c3ccccc3NC3=C(C(=O)C[C@@H](C)C3)[C@@H]2c2ccco2)cc1. The number of para-hydroxylation sites is 2. The lowest BCUT2D eigenvalue weighted by atomic mass is 9.83. The van der Waals surface area contributed by atoms with Crippen LogP contribution in [0.25, 0.3) is 0 Å². The van der Waals surface area contributed by atoms with E-state index in [9.17, 15) is 9.59 Å². The quantitative estimate of drug-likeness (QED) is 0.608. The topological polar surface area (TPSA) is 71.8 Å². The summed E-state index contributed by atoms with van der Waals surface area (Å²) in [6.07, 6.45) is 2.75. The zero-order valence-corrected chi connectivity index (χ0v) is 18.0. The molecule has 0 radical (unpaired) electrons. The molecule has 32 heavy (non-hydrogen) atoms. The molecule has 0 unspecified atom stereocenters. The zero-order chi connectivity index (χ0) is 22.2. The van der Waals surface area contributed by atoms with Gasteiger partial charge in [-0.05, 0) is 60.9 Å². The van der Waals surface area contributed by atoms with Gasteiger partial charge in [0.25, 0.3) is 5.91 Å². The van der Waals surface area contributed by atoms with Gasteiger partial charge in [0.15, 0.2) is 5.78 Å². The highest BCUT2D eigenvalue weighted by Gasteiger charge is 2.42. The van der Waals surface area contributed by atoms with Crippen molar-refractivity contribution >= 4 is 23.1 Å². The summed E-state index contributed by atoms with van der Waals surface area (Å²) in [4.78, 5) is 29.0. The molecule has 1 aliphatic carbocycles. The highest BCUT2D eigenvalue weighted by Crippen LogP contribution is 2.46. The lowest BCUT2D eigenvalue weighted by Crippen LogP contribution is -2.38. The molecule has 1 aliphatic heterocycles. The highest BCUT2D eigenvalue weighted by molar-refractivity contribution is 6.11. The van der Waals surface area contributed by atoms with Crippen LogP contribution < -0.4 is 15.0 Å². The summed E-state index contributed by atoms with van der Waals surface area (Å²) < 4.78 is 11.0. The predicted molar refractivity (Wildman–Crippen MR) is 122 cm³/mol. The standard InChI is InChI=1S/C26H24N2O4/c1-16-14-20-24(22(29)15-16)25(23-8-5-13-32-23)28(21-7-4-3-6-19(21)27-20)26(30)17-9-11-18(31-2)12-10-17/h3-13,16,25,27H,14-15H2,1-2H3/t16-,25-/m0/s1. The van der Waals surface area contributed by atoms with Gasteiger partial charge in [0.2, 0.25) is 0 Å². The van der Waals surface area contributed by atoms with Gasteiger partial charge in [0, 0.05) is 23.3 Å². The van der Waals surface area contributed by atoms with E-state index in [-0.39, 0.29) is 17.6 Å². The molecule has 0 spiro atoms. The molecule has 6 nitrogen and oxygen atoms in total. The molecule has 5 rings (SSSR count). The minimum atomic E-state index is -0.661. The summed E-state index contributed by atoms with van der Waals surface area (Å²) in [5.41, 5.74) is 3.43. The Morgan fingerprint density at radius 1 is 1.06 bits per heavy atom. The van der Waals surface area contributed by atoms with Crippen LogP contribution in [0.2, 0.25) is 0 Å². The third-order valence-electron chi connectivity index (χ3n) is 6.06. The summed E-state index contributed by atoms with van der Waals surface area (Å²) >= 11 is 0. The maximum atomic E-state index is 13.9. The number of methoxy groups -OCH3 is 1. The van der Waals surface area contributed by atoms with Gasteiger partial charge in [-0.15, -0.1) is 0 Å². The van der Waals surface area contributed by atoms with E-state index in [0.717, 1.165) is 17.8 Å². The van der Waals surface area contributed by atoms with Gasteiger partial charge in [-0.2, -0.15) is 0 Å². The molecule has 1 amide bonds. The fraction of sp³-hybridized carbons (Fsp3) is 0.231. The number of hydrogen-bond donors (Lipinski definition) is 1. The van der Waals surface area contributed by atoms with Gasteiger partial charge in [-0.3, -0.25) is 14.5 Å². The summed E-state index contributed by atoms with van der Waals surface area (Å²) in [7, 11) is 1.59. The third kappa shape index (κ3) is 3.38. The molecule has 2 aromatic carbocycles. The van der Waals surface area contributed by atoms with Gasteiger partial charge in [0.1, 0.15) is 17.6 Å². The van der Waals surface area contributed by atoms with Crippen LogP contribution >= 0.6 is 0 Å². The Balaban J connectivity index is 1.73. The van der Waals surface area contributed by atoms with Crippen molar-refractivity contribution < 1.29 is 18.7 Å². The van der Waals surface area contributed by atoms with E-state index in [0.29, 0.717) is 34.8 Å². The first-order valence-corrected chi connectivity index (χ1v) is 10.7. The lowest BCUT2D eigenvalue weighted by molar-refractivity contribution is -0.117. The number of benzene rings is 2. The molecule has 2 aliphatic rings. The Bertz CT molecular complexity index is 1190. The van der Waals surface area contributed by atoms with Crippen LogP contribution in [-0.2, 0) is 4.79 Å². The summed E-state index contributed by atoms with van der Waals surface area (Å²) in [5.74, 6) is 1.27. The van der Waals surface area contributed by atoms with Crippen LogP contribution in [0.4, 0.5) is 11.4 Å². The van der Waals surface area contributed by atoms with Crippen molar-refractivity contribution in [2.75, 3.05) is 17.3 Å². The molecule has 0 bridgehead atoms. The Kier molecular flexibility index (Phi) is 5.05. The van der Waals surface area contributed by atoms with Crippen LogP contribution in [0.5, 0.6) is 5.75 Å². The molecule has 3 aromatic rings. The first kappa shape index (κ1) is 20.1. The monoisotopic (exact) mass is 428 g/mol. The van der Waals surface area contributed by atoms with Crippen molar-refractivity contribution in [3.05, 3.63) is 89.5 Å². The molecule has 0 saturated heterocycles. The van der Waals surface area contributed by atoms with Gasteiger partial charge in [0.05, 0.1) is 24.7 Å². The second kappa shape index (κ2) is 8.04. The average molecular weight is 428 g/mol. The zero-order valence-electron chi connectivity index (χ0n) is 18.0. The normalized spacial score (nSPS) is 20.2. The highest BCUT2D eigenvalue weighted by atomic mass is 16.5. The maximum Gasteiger partial charge on any atom is 0.259 e. The number of ketones is 1. The number of amides is 1. The number of carbonyl (C=O) groups excluding carboxylic acids is 2. The molecule has 6 heteroatoms. The van der Waals surface area contributed by atoms with E-state index < -0.39 is 6.04 Å². The van der Waals surface area contributed by atoms with E-state index in [1.54, 1.807) is 48.6 Å². The number of nitrogens with one attached hydrogen (secondary N) is 1.